The molecular formula is C22H18N6O3S. The quantitative estimate of drug-likeness (QED) is 0.486. The Morgan fingerprint density at radius 2 is 1.59 bits per heavy atom. The number of benzene rings is 2. The second-order valence-corrected chi connectivity index (χ2v) is 9.71. The monoisotopic (exact) mass is 446 g/mol. The van der Waals surface area contributed by atoms with E-state index in [1.54, 1.807) is 50.2 Å². The summed E-state index contributed by atoms with van der Waals surface area (Å²) in [6, 6.07) is 15.2. The predicted octanol–water partition coefficient (Wildman–Crippen LogP) is 3.50. The topological polar surface area (TPSA) is 149 Å². The van der Waals surface area contributed by atoms with Crippen molar-refractivity contribution in [1.29, 1.82) is 5.26 Å². The van der Waals surface area contributed by atoms with E-state index in [4.69, 9.17) is 15.4 Å². The molecule has 4 rings (SSSR count). The molecule has 0 saturated carbocycles. The number of hydrogen-bond acceptors (Lipinski definition) is 9. The largest absolute Gasteiger partial charge is 0.414 e. The molecule has 160 valence electrons. The number of nitrogens with zero attached hydrogens (tertiary/aromatic N) is 5. The molecule has 0 fully saturated rings. The van der Waals surface area contributed by atoms with Crippen molar-refractivity contribution in [2.75, 3.05) is 5.73 Å². The van der Waals surface area contributed by atoms with E-state index in [9.17, 15) is 8.42 Å². The maximum Gasteiger partial charge on any atom is 0.270 e. The minimum atomic E-state index is -3.37. The SMILES string of the molecule is CC(C)S(=O)(=O)c1ccc(-c2cnc(N)c(-c3nnc(-c4ccc(C#N)cc4)o3)n2)cc1. The van der Waals surface area contributed by atoms with E-state index in [0.29, 0.717) is 22.4 Å². The third kappa shape index (κ3) is 3.93. The first kappa shape index (κ1) is 21.1. The van der Waals surface area contributed by atoms with Gasteiger partial charge in [-0.2, -0.15) is 5.26 Å². The minimum absolute atomic E-state index is 0.0928. The molecule has 0 aliphatic heterocycles. The second kappa shape index (κ2) is 8.20. The average Bonchev–Trinajstić information content (AvgIpc) is 3.29. The molecule has 2 heterocycles. The highest BCUT2D eigenvalue weighted by molar-refractivity contribution is 7.92. The number of nitrogens with two attached hydrogens (primary N) is 1. The Balaban J connectivity index is 1.67. The zero-order chi connectivity index (χ0) is 22.9. The summed E-state index contributed by atoms with van der Waals surface area (Å²) in [7, 11) is -3.37. The van der Waals surface area contributed by atoms with Crippen LogP contribution in [0.1, 0.15) is 19.4 Å². The van der Waals surface area contributed by atoms with Crippen LogP contribution in [0.15, 0.2) is 64.0 Å². The van der Waals surface area contributed by atoms with Crippen molar-refractivity contribution in [3.8, 4) is 40.4 Å². The molecule has 2 aromatic heterocycles. The Morgan fingerprint density at radius 1 is 0.969 bits per heavy atom. The van der Waals surface area contributed by atoms with Crippen molar-refractivity contribution in [1.82, 2.24) is 20.2 Å². The van der Waals surface area contributed by atoms with Crippen LogP contribution >= 0.6 is 0 Å². The van der Waals surface area contributed by atoms with E-state index in [1.165, 1.54) is 18.3 Å². The highest BCUT2D eigenvalue weighted by Crippen LogP contribution is 2.28. The van der Waals surface area contributed by atoms with Crippen LogP contribution in [-0.4, -0.2) is 33.8 Å². The molecule has 0 radical (unpaired) electrons. The number of nitriles is 1. The normalized spacial score (nSPS) is 11.4. The van der Waals surface area contributed by atoms with Crippen LogP contribution in [0.3, 0.4) is 0 Å². The molecule has 4 aromatic rings. The van der Waals surface area contributed by atoms with Crippen LogP contribution < -0.4 is 5.73 Å². The summed E-state index contributed by atoms with van der Waals surface area (Å²) in [6.07, 6.45) is 1.49. The highest BCUT2D eigenvalue weighted by atomic mass is 32.2. The molecule has 32 heavy (non-hydrogen) atoms. The Bertz CT molecular complexity index is 1420. The van der Waals surface area contributed by atoms with Crippen molar-refractivity contribution in [3.05, 3.63) is 60.3 Å². The molecule has 2 aromatic carbocycles. The van der Waals surface area contributed by atoms with Gasteiger partial charge in [0.15, 0.2) is 21.3 Å². The molecule has 0 saturated heterocycles. The summed E-state index contributed by atoms with van der Waals surface area (Å²) in [5.74, 6) is 0.456. The van der Waals surface area contributed by atoms with Crippen molar-refractivity contribution < 1.29 is 12.8 Å². The summed E-state index contributed by atoms with van der Waals surface area (Å²) in [6.45, 7) is 3.27. The lowest BCUT2D eigenvalue weighted by atomic mass is 10.1. The van der Waals surface area contributed by atoms with Gasteiger partial charge in [0.25, 0.3) is 5.89 Å². The lowest BCUT2D eigenvalue weighted by Crippen LogP contribution is -2.13. The van der Waals surface area contributed by atoms with E-state index >= 15 is 0 Å². The zero-order valence-electron chi connectivity index (χ0n) is 17.2. The van der Waals surface area contributed by atoms with Gasteiger partial charge >= 0.3 is 0 Å². The Labute approximate surface area is 184 Å². The molecule has 0 aliphatic rings. The smallest absolute Gasteiger partial charge is 0.270 e. The van der Waals surface area contributed by atoms with Gasteiger partial charge in [-0.25, -0.2) is 18.4 Å². The van der Waals surface area contributed by atoms with Gasteiger partial charge in [0.1, 0.15) is 0 Å². The van der Waals surface area contributed by atoms with Gasteiger partial charge in [-0.05, 0) is 50.2 Å². The Hall–Kier alpha value is -4.10. The van der Waals surface area contributed by atoms with Crippen LogP contribution in [0.2, 0.25) is 0 Å². The molecule has 0 aliphatic carbocycles. The van der Waals surface area contributed by atoms with E-state index in [1.807, 2.05) is 6.07 Å². The molecule has 0 bridgehead atoms. The molecule has 0 amide bonds. The van der Waals surface area contributed by atoms with Gasteiger partial charge in [0.05, 0.1) is 33.7 Å². The molecule has 0 atom stereocenters. The van der Waals surface area contributed by atoms with Gasteiger partial charge in [0.2, 0.25) is 5.89 Å². The van der Waals surface area contributed by atoms with Crippen LogP contribution in [0.4, 0.5) is 5.82 Å². The van der Waals surface area contributed by atoms with E-state index in [2.05, 4.69) is 20.2 Å². The van der Waals surface area contributed by atoms with Crippen LogP contribution in [0, 0.1) is 11.3 Å². The van der Waals surface area contributed by atoms with Crippen LogP contribution in [0.5, 0.6) is 0 Å². The fourth-order valence-electron chi connectivity index (χ4n) is 2.91. The summed E-state index contributed by atoms with van der Waals surface area (Å²) < 4.78 is 30.4. The first-order chi connectivity index (χ1) is 15.3. The number of sulfone groups is 1. The third-order valence-electron chi connectivity index (χ3n) is 4.79. The van der Waals surface area contributed by atoms with Gasteiger partial charge in [-0.1, -0.05) is 12.1 Å². The van der Waals surface area contributed by atoms with Crippen molar-refractivity contribution in [3.63, 3.8) is 0 Å². The van der Waals surface area contributed by atoms with Crippen molar-refractivity contribution in [2.24, 2.45) is 0 Å². The lowest BCUT2D eigenvalue weighted by Gasteiger charge is -2.09. The fourth-order valence-corrected chi connectivity index (χ4v) is 3.97. The maximum atomic E-state index is 12.3. The second-order valence-electron chi connectivity index (χ2n) is 7.21. The zero-order valence-corrected chi connectivity index (χ0v) is 18.0. The maximum absolute atomic E-state index is 12.3. The minimum Gasteiger partial charge on any atom is -0.414 e. The molecular weight excluding hydrogens is 428 g/mol. The summed E-state index contributed by atoms with van der Waals surface area (Å²) in [5.41, 5.74) is 8.50. The highest BCUT2D eigenvalue weighted by Gasteiger charge is 2.20. The number of hydrogen-bond donors (Lipinski definition) is 1. The Kier molecular flexibility index (Phi) is 5.42. The number of nitrogen functional groups attached to an aromatic ring is 1. The lowest BCUT2D eigenvalue weighted by molar-refractivity contribution is 0.582. The van der Waals surface area contributed by atoms with Gasteiger partial charge in [-0.3, -0.25) is 0 Å². The van der Waals surface area contributed by atoms with Gasteiger partial charge in [-0.15, -0.1) is 10.2 Å². The Morgan fingerprint density at radius 3 is 2.22 bits per heavy atom. The number of anilines is 1. The van der Waals surface area contributed by atoms with Crippen LogP contribution in [0.25, 0.3) is 34.3 Å². The third-order valence-corrected chi connectivity index (χ3v) is 6.96. The van der Waals surface area contributed by atoms with E-state index < -0.39 is 15.1 Å². The van der Waals surface area contributed by atoms with Gasteiger partial charge < -0.3 is 10.2 Å². The summed E-state index contributed by atoms with van der Waals surface area (Å²) in [5, 5.41) is 16.5. The van der Waals surface area contributed by atoms with Crippen molar-refractivity contribution in [2.45, 2.75) is 24.0 Å². The van der Waals surface area contributed by atoms with E-state index in [0.717, 1.165) is 0 Å². The summed E-state index contributed by atoms with van der Waals surface area (Å²) >= 11 is 0. The molecule has 2 N–H and O–H groups in total. The summed E-state index contributed by atoms with van der Waals surface area (Å²) in [4.78, 5) is 8.91. The number of aromatic nitrogens is 4. The first-order valence-electron chi connectivity index (χ1n) is 9.61. The molecule has 0 spiro atoms. The van der Waals surface area contributed by atoms with E-state index in [-0.39, 0.29) is 28.2 Å². The van der Waals surface area contributed by atoms with Gasteiger partial charge in [0, 0.05) is 11.1 Å². The van der Waals surface area contributed by atoms with Crippen molar-refractivity contribution >= 4 is 15.7 Å². The molecule has 0 unspecified atom stereocenters. The average molecular weight is 446 g/mol. The fraction of sp³-hybridized carbons (Fsp3) is 0.136. The standard InChI is InChI=1S/C22H18N6O3S/c1-13(2)32(29,30)17-9-7-15(8-10-17)18-12-25-20(24)19(26-18)22-28-27-21(31-22)16-5-3-14(11-23)4-6-16/h3-10,12-13H,1-2H3,(H2,24,25). The molecule has 10 heteroatoms. The predicted molar refractivity (Wildman–Crippen MR) is 118 cm³/mol. The first-order valence-corrected chi connectivity index (χ1v) is 11.2. The number of rotatable bonds is 5. The van der Waals surface area contributed by atoms with Crippen LogP contribution in [-0.2, 0) is 9.84 Å². The molecule has 9 nitrogen and oxygen atoms in total.